The number of nitrogens with zero attached hydrogens (tertiary/aromatic N) is 2. The van der Waals surface area contributed by atoms with E-state index in [1.165, 1.54) is 5.56 Å². The van der Waals surface area contributed by atoms with E-state index in [1.54, 1.807) is 29.2 Å². The minimum absolute atomic E-state index is 0.0437. The zero-order chi connectivity index (χ0) is 31.0. The molecule has 9 heteroatoms. The summed E-state index contributed by atoms with van der Waals surface area (Å²) in [5, 5.41) is 6.85. The summed E-state index contributed by atoms with van der Waals surface area (Å²) in [5.41, 5.74) is 0.644. The van der Waals surface area contributed by atoms with Crippen molar-refractivity contribution in [2.45, 2.75) is 69.9 Å². The lowest BCUT2D eigenvalue weighted by Gasteiger charge is -2.38. The van der Waals surface area contributed by atoms with Gasteiger partial charge in [-0.25, -0.2) is 0 Å². The summed E-state index contributed by atoms with van der Waals surface area (Å²) in [6.45, 7) is 6.39. The molecule has 1 spiro atoms. The second-order valence-electron chi connectivity index (χ2n) is 13.2. The lowest BCUT2D eigenvalue weighted by Crippen LogP contribution is -2.58. The van der Waals surface area contributed by atoms with Gasteiger partial charge in [-0.3, -0.25) is 14.4 Å². The van der Waals surface area contributed by atoms with Gasteiger partial charge in [0.15, 0.2) is 0 Å². The van der Waals surface area contributed by atoms with Gasteiger partial charge < -0.3 is 25.2 Å². The molecule has 0 radical (unpaired) electrons. The number of anilines is 1. The molecule has 1 saturated carbocycles. The van der Waals surface area contributed by atoms with Crippen LogP contribution in [0.5, 0.6) is 0 Å². The van der Waals surface area contributed by atoms with E-state index in [1.807, 2.05) is 30.4 Å². The van der Waals surface area contributed by atoms with E-state index in [2.05, 4.69) is 48.6 Å². The number of hydrogen-bond acceptors (Lipinski definition) is 5. The molecule has 2 bridgehead atoms. The fraction of sp³-hybridized carbons (Fsp3) is 0.514. The maximum absolute atomic E-state index is 14.3. The summed E-state index contributed by atoms with van der Waals surface area (Å²) in [6, 6.07) is 16.4. The van der Waals surface area contributed by atoms with Gasteiger partial charge in [0.05, 0.1) is 17.9 Å². The lowest BCUT2D eigenvalue weighted by atomic mass is 9.73. The summed E-state index contributed by atoms with van der Waals surface area (Å²) in [5.74, 6) is -1.32. The Kier molecular flexibility index (Phi) is 8.86. The molecule has 1 aliphatic carbocycles. The average Bonchev–Trinajstić information content (AvgIpc) is 3.64. The minimum Gasteiger partial charge on any atom is -0.359 e. The molecule has 6 rings (SSSR count). The van der Waals surface area contributed by atoms with Crippen molar-refractivity contribution >= 4 is 35.0 Å². The topological polar surface area (TPSA) is 91.0 Å². The highest BCUT2D eigenvalue weighted by molar-refractivity contribution is 6.30. The second-order valence-corrected chi connectivity index (χ2v) is 13.6. The zero-order valence-electron chi connectivity index (χ0n) is 25.7. The Morgan fingerprint density at radius 2 is 1.82 bits per heavy atom. The lowest BCUT2D eigenvalue weighted by molar-refractivity contribution is -0.141. The van der Waals surface area contributed by atoms with Gasteiger partial charge in [-0.15, -0.1) is 0 Å². The standard InChI is InChI=1S/C35H43ClN4O4/c1-22-9-7-12-27(23(22)2)38-33(42)31-35-18-17-28(44-35)29(32(41)37-26-15-13-25(36)14-16-26)30(35)34(43)40(31)20-8-19-39(3)21-24-10-5-4-6-11-24/h4-6,10-11,13-18,22-23,27-31H,7-9,12,19-21H2,1-3H3,(H,37,41)(H,38,42)/t22?,23?,27?,28-,29?,30-,31?,35?/m0/s1. The SMILES string of the molecule is CC1CCCC(NC(=O)C2N(CCCN(C)Cc3ccccc3)C(=O)[C@@H]3C(C(=O)Nc4ccc(Cl)cc4)[C@@H]4C=CC23O4)C1C. The Morgan fingerprint density at radius 1 is 1.07 bits per heavy atom. The van der Waals surface area contributed by atoms with E-state index in [-0.39, 0.29) is 23.8 Å². The highest BCUT2D eigenvalue weighted by Crippen LogP contribution is 2.55. The van der Waals surface area contributed by atoms with Crippen molar-refractivity contribution < 1.29 is 19.1 Å². The largest absolute Gasteiger partial charge is 0.359 e. The average molecular weight is 619 g/mol. The molecule has 2 aromatic rings. The highest BCUT2D eigenvalue weighted by Gasteiger charge is 2.72. The number of nitrogens with one attached hydrogen (secondary N) is 2. The van der Waals surface area contributed by atoms with Gasteiger partial charge in [0.25, 0.3) is 0 Å². The van der Waals surface area contributed by atoms with Crippen molar-refractivity contribution in [1.82, 2.24) is 15.1 Å². The first-order valence-electron chi connectivity index (χ1n) is 15.9. The summed E-state index contributed by atoms with van der Waals surface area (Å²) in [4.78, 5) is 46.1. The van der Waals surface area contributed by atoms with Crippen molar-refractivity contribution in [3.05, 3.63) is 77.3 Å². The molecule has 3 heterocycles. The summed E-state index contributed by atoms with van der Waals surface area (Å²) < 4.78 is 6.53. The molecule has 234 valence electrons. The predicted molar refractivity (Wildman–Crippen MR) is 171 cm³/mol. The van der Waals surface area contributed by atoms with Crippen LogP contribution >= 0.6 is 11.6 Å². The van der Waals surface area contributed by atoms with Crippen molar-refractivity contribution in [3.8, 4) is 0 Å². The van der Waals surface area contributed by atoms with Gasteiger partial charge in [0.2, 0.25) is 17.7 Å². The molecule has 4 aliphatic rings. The van der Waals surface area contributed by atoms with Gasteiger partial charge in [0.1, 0.15) is 11.6 Å². The van der Waals surface area contributed by atoms with Gasteiger partial charge in [-0.1, -0.05) is 80.8 Å². The van der Waals surface area contributed by atoms with Crippen LogP contribution in [0.3, 0.4) is 0 Å². The third-order valence-electron chi connectivity index (χ3n) is 10.3. The van der Waals surface area contributed by atoms with Crippen LogP contribution in [0, 0.1) is 23.7 Å². The molecule has 3 aliphatic heterocycles. The van der Waals surface area contributed by atoms with E-state index in [9.17, 15) is 14.4 Å². The molecule has 2 aromatic carbocycles. The van der Waals surface area contributed by atoms with Crippen LogP contribution in [0.1, 0.15) is 45.1 Å². The van der Waals surface area contributed by atoms with Crippen LogP contribution in [0.2, 0.25) is 5.02 Å². The van der Waals surface area contributed by atoms with Gasteiger partial charge in [-0.05, 0) is 68.1 Å². The highest BCUT2D eigenvalue weighted by atomic mass is 35.5. The number of rotatable bonds is 10. The summed E-state index contributed by atoms with van der Waals surface area (Å²) in [7, 11) is 2.06. The molecule has 2 saturated heterocycles. The third-order valence-corrected chi connectivity index (χ3v) is 10.6. The molecule has 0 aromatic heterocycles. The number of hydrogen-bond donors (Lipinski definition) is 2. The van der Waals surface area contributed by atoms with Crippen molar-refractivity contribution in [2.24, 2.45) is 23.7 Å². The van der Waals surface area contributed by atoms with Crippen LogP contribution in [0.4, 0.5) is 5.69 Å². The van der Waals surface area contributed by atoms with Crippen LogP contribution in [-0.4, -0.2) is 71.4 Å². The molecule has 3 amide bonds. The van der Waals surface area contributed by atoms with Crippen molar-refractivity contribution in [3.63, 3.8) is 0 Å². The van der Waals surface area contributed by atoms with Gasteiger partial charge >= 0.3 is 0 Å². The third kappa shape index (κ3) is 5.80. The number of amides is 3. The zero-order valence-corrected chi connectivity index (χ0v) is 26.5. The first-order valence-corrected chi connectivity index (χ1v) is 16.3. The minimum atomic E-state index is -1.17. The number of likely N-dealkylation sites (tertiary alicyclic amines) is 1. The maximum Gasteiger partial charge on any atom is 0.246 e. The fourth-order valence-electron chi connectivity index (χ4n) is 7.80. The molecule has 8 nitrogen and oxygen atoms in total. The van der Waals surface area contributed by atoms with Crippen LogP contribution in [0.25, 0.3) is 0 Å². The van der Waals surface area contributed by atoms with Gasteiger partial charge in [-0.2, -0.15) is 0 Å². The number of carbonyl (C=O) groups excluding carboxylic acids is 3. The number of carbonyl (C=O) groups is 3. The van der Waals surface area contributed by atoms with Crippen LogP contribution in [-0.2, 0) is 25.7 Å². The Bertz CT molecular complexity index is 1400. The Balaban J connectivity index is 1.22. The number of fused-ring (bicyclic) bond motifs is 1. The van der Waals surface area contributed by atoms with Crippen LogP contribution in [0.15, 0.2) is 66.7 Å². The second kappa shape index (κ2) is 12.7. The molecule has 8 atom stereocenters. The van der Waals surface area contributed by atoms with Gasteiger partial charge in [0, 0.05) is 29.8 Å². The Labute approximate surface area is 265 Å². The van der Waals surface area contributed by atoms with Crippen molar-refractivity contribution in [1.29, 1.82) is 0 Å². The summed E-state index contributed by atoms with van der Waals surface area (Å²) >= 11 is 6.04. The van der Waals surface area contributed by atoms with Crippen molar-refractivity contribution in [2.75, 3.05) is 25.5 Å². The molecule has 2 N–H and O–H groups in total. The van der Waals surface area contributed by atoms with E-state index in [4.69, 9.17) is 16.3 Å². The molecular formula is C35H43ClN4O4. The molecule has 3 fully saturated rings. The number of benzene rings is 2. The molecule has 44 heavy (non-hydrogen) atoms. The van der Waals surface area contributed by atoms with E-state index in [0.29, 0.717) is 35.5 Å². The molecule has 6 unspecified atom stereocenters. The first kappa shape index (κ1) is 30.8. The fourth-order valence-corrected chi connectivity index (χ4v) is 7.93. The predicted octanol–water partition coefficient (Wildman–Crippen LogP) is 4.89. The quantitative estimate of drug-likeness (QED) is 0.370. The number of ether oxygens (including phenoxy) is 1. The molecular weight excluding hydrogens is 576 g/mol. The van der Waals surface area contributed by atoms with E-state index < -0.39 is 29.6 Å². The summed E-state index contributed by atoms with van der Waals surface area (Å²) in [6.07, 6.45) is 7.00. The normalized spacial score (nSPS) is 32.2. The van der Waals surface area contributed by atoms with Crippen LogP contribution < -0.4 is 10.6 Å². The maximum atomic E-state index is 14.3. The monoisotopic (exact) mass is 618 g/mol. The van der Waals surface area contributed by atoms with E-state index >= 15 is 0 Å². The van der Waals surface area contributed by atoms with E-state index in [0.717, 1.165) is 32.4 Å². The number of halogens is 1. The Morgan fingerprint density at radius 3 is 2.57 bits per heavy atom. The Hall–Kier alpha value is -3.20. The smallest absolute Gasteiger partial charge is 0.246 e. The first-order chi connectivity index (χ1) is 21.2.